The standard InChI is InChI=1S/C10H14FN/c1-2-8-12(11)9-10-6-4-3-5-7-10/h3-7H,2,8-9H2,1H3. The lowest BCUT2D eigenvalue weighted by molar-refractivity contribution is 0.0161. The third-order valence-corrected chi connectivity index (χ3v) is 1.66. The van der Waals surface area contributed by atoms with Gasteiger partial charge in [0.2, 0.25) is 0 Å². The molecule has 0 unspecified atom stereocenters. The van der Waals surface area contributed by atoms with Gasteiger partial charge in [-0.2, -0.15) is 0 Å². The molecule has 0 bridgehead atoms. The molecular weight excluding hydrogens is 153 g/mol. The van der Waals surface area contributed by atoms with Crippen LogP contribution in [0.25, 0.3) is 0 Å². The molecule has 0 saturated carbocycles. The quantitative estimate of drug-likeness (QED) is 0.623. The average molecular weight is 167 g/mol. The van der Waals surface area contributed by atoms with E-state index in [1.165, 1.54) is 0 Å². The van der Waals surface area contributed by atoms with Crippen molar-refractivity contribution in [3.63, 3.8) is 0 Å². The Hall–Kier alpha value is -0.890. The van der Waals surface area contributed by atoms with Gasteiger partial charge in [-0.25, -0.2) is 0 Å². The molecule has 0 atom stereocenters. The summed E-state index contributed by atoms with van der Waals surface area (Å²) in [6.45, 7) is 2.88. The first-order valence-electron chi connectivity index (χ1n) is 4.27. The molecule has 1 nitrogen and oxygen atoms in total. The number of hydrogen-bond donors (Lipinski definition) is 0. The molecule has 0 aromatic heterocycles. The SMILES string of the molecule is CCCN(F)Cc1ccccc1. The first kappa shape index (κ1) is 9.20. The summed E-state index contributed by atoms with van der Waals surface area (Å²) in [6, 6.07) is 9.65. The van der Waals surface area contributed by atoms with Crippen LogP contribution < -0.4 is 0 Å². The molecule has 0 aliphatic rings. The Bertz CT molecular complexity index is 210. The monoisotopic (exact) mass is 167 g/mol. The maximum atomic E-state index is 12.9. The van der Waals surface area contributed by atoms with Crippen LogP contribution in [-0.4, -0.2) is 11.7 Å². The maximum Gasteiger partial charge on any atom is 0.0540 e. The molecule has 0 spiro atoms. The molecule has 0 amide bonds. The highest BCUT2D eigenvalue weighted by Gasteiger charge is 2.00. The predicted octanol–water partition coefficient (Wildman–Crippen LogP) is 2.78. The second-order valence-electron chi connectivity index (χ2n) is 2.83. The van der Waals surface area contributed by atoms with Crippen molar-refractivity contribution in [2.24, 2.45) is 0 Å². The molecule has 0 aliphatic heterocycles. The molecule has 0 aliphatic carbocycles. The summed E-state index contributed by atoms with van der Waals surface area (Å²) in [6.07, 6.45) is 0.851. The van der Waals surface area contributed by atoms with Crippen LogP contribution in [0.5, 0.6) is 0 Å². The van der Waals surface area contributed by atoms with Crippen molar-refractivity contribution in [2.75, 3.05) is 6.54 Å². The Morgan fingerprint density at radius 2 is 1.92 bits per heavy atom. The number of rotatable bonds is 4. The smallest absolute Gasteiger partial charge is 0.0540 e. The van der Waals surface area contributed by atoms with Gasteiger partial charge in [-0.3, -0.25) is 0 Å². The first-order chi connectivity index (χ1) is 5.83. The zero-order chi connectivity index (χ0) is 8.81. The Morgan fingerprint density at radius 1 is 1.25 bits per heavy atom. The van der Waals surface area contributed by atoms with E-state index in [1.807, 2.05) is 37.3 Å². The Kier molecular flexibility index (Phi) is 3.74. The molecule has 0 saturated heterocycles. The van der Waals surface area contributed by atoms with Crippen LogP contribution in [0.4, 0.5) is 4.48 Å². The van der Waals surface area contributed by atoms with E-state index >= 15 is 0 Å². The second kappa shape index (κ2) is 4.88. The number of halogens is 1. The molecule has 2 heteroatoms. The van der Waals surface area contributed by atoms with Crippen LogP contribution >= 0.6 is 0 Å². The summed E-state index contributed by atoms with van der Waals surface area (Å²) in [5.41, 5.74) is 1.02. The molecule has 1 aromatic rings. The maximum absolute atomic E-state index is 12.9. The average Bonchev–Trinajstić information content (AvgIpc) is 2.06. The minimum absolute atomic E-state index is 0.397. The largest absolute Gasteiger partial charge is 0.142 e. The zero-order valence-corrected chi connectivity index (χ0v) is 7.33. The summed E-state index contributed by atoms with van der Waals surface area (Å²) >= 11 is 0. The molecule has 0 fully saturated rings. The van der Waals surface area contributed by atoms with Crippen molar-refractivity contribution in [1.29, 1.82) is 0 Å². The van der Waals surface area contributed by atoms with Crippen LogP contribution in [-0.2, 0) is 6.54 Å². The van der Waals surface area contributed by atoms with E-state index in [0.29, 0.717) is 13.1 Å². The lowest BCUT2D eigenvalue weighted by Gasteiger charge is -2.09. The molecule has 12 heavy (non-hydrogen) atoms. The van der Waals surface area contributed by atoms with Crippen LogP contribution in [0, 0.1) is 0 Å². The Morgan fingerprint density at radius 3 is 2.50 bits per heavy atom. The highest BCUT2D eigenvalue weighted by atomic mass is 19.2. The lowest BCUT2D eigenvalue weighted by Crippen LogP contribution is -2.13. The fourth-order valence-corrected chi connectivity index (χ4v) is 1.10. The zero-order valence-electron chi connectivity index (χ0n) is 7.33. The number of nitrogens with zero attached hydrogens (tertiary/aromatic N) is 1. The fourth-order valence-electron chi connectivity index (χ4n) is 1.10. The molecule has 66 valence electrons. The van der Waals surface area contributed by atoms with Crippen molar-refractivity contribution in [3.8, 4) is 0 Å². The minimum atomic E-state index is 0.397. The van der Waals surface area contributed by atoms with Crippen molar-refractivity contribution < 1.29 is 4.48 Å². The lowest BCUT2D eigenvalue weighted by atomic mass is 10.2. The van der Waals surface area contributed by atoms with E-state index < -0.39 is 0 Å². The predicted molar refractivity (Wildman–Crippen MR) is 48.3 cm³/mol. The van der Waals surface area contributed by atoms with Gasteiger partial charge in [0.15, 0.2) is 0 Å². The van der Waals surface area contributed by atoms with Gasteiger partial charge in [-0.15, -0.1) is 9.60 Å². The van der Waals surface area contributed by atoms with Crippen molar-refractivity contribution >= 4 is 0 Å². The molecule has 1 rings (SSSR count). The van der Waals surface area contributed by atoms with E-state index in [1.54, 1.807) is 0 Å². The van der Waals surface area contributed by atoms with Gasteiger partial charge in [0.1, 0.15) is 0 Å². The van der Waals surface area contributed by atoms with Gasteiger partial charge in [0.25, 0.3) is 0 Å². The van der Waals surface area contributed by atoms with Crippen LogP contribution in [0.3, 0.4) is 0 Å². The van der Waals surface area contributed by atoms with Crippen molar-refractivity contribution in [1.82, 2.24) is 5.12 Å². The van der Waals surface area contributed by atoms with E-state index in [4.69, 9.17) is 0 Å². The molecular formula is C10H14FN. The molecule has 0 radical (unpaired) electrons. The van der Waals surface area contributed by atoms with Gasteiger partial charge in [-0.1, -0.05) is 37.3 Å². The van der Waals surface area contributed by atoms with E-state index in [2.05, 4.69) is 0 Å². The van der Waals surface area contributed by atoms with Gasteiger partial charge in [-0.05, 0) is 12.0 Å². The Labute approximate surface area is 72.8 Å². The third-order valence-electron chi connectivity index (χ3n) is 1.66. The van der Waals surface area contributed by atoms with Crippen LogP contribution in [0.1, 0.15) is 18.9 Å². The van der Waals surface area contributed by atoms with Crippen LogP contribution in [0.2, 0.25) is 0 Å². The molecule has 1 aromatic carbocycles. The van der Waals surface area contributed by atoms with Gasteiger partial charge in [0, 0.05) is 6.54 Å². The van der Waals surface area contributed by atoms with E-state index in [9.17, 15) is 4.48 Å². The normalized spacial score (nSPS) is 10.6. The second-order valence-corrected chi connectivity index (χ2v) is 2.83. The van der Waals surface area contributed by atoms with E-state index in [0.717, 1.165) is 17.1 Å². The summed E-state index contributed by atoms with van der Waals surface area (Å²) < 4.78 is 12.9. The van der Waals surface area contributed by atoms with E-state index in [-0.39, 0.29) is 0 Å². The van der Waals surface area contributed by atoms with Crippen molar-refractivity contribution in [2.45, 2.75) is 19.9 Å². The van der Waals surface area contributed by atoms with Crippen LogP contribution in [0.15, 0.2) is 30.3 Å². The fraction of sp³-hybridized carbons (Fsp3) is 0.400. The summed E-state index contributed by atoms with van der Waals surface area (Å²) in [5.74, 6) is 0. The molecule has 0 N–H and O–H groups in total. The van der Waals surface area contributed by atoms with Gasteiger partial charge in [0.05, 0.1) is 6.54 Å². The van der Waals surface area contributed by atoms with Gasteiger partial charge >= 0.3 is 0 Å². The summed E-state index contributed by atoms with van der Waals surface area (Å²) in [7, 11) is 0. The number of benzene rings is 1. The summed E-state index contributed by atoms with van der Waals surface area (Å²) in [5, 5.41) is 0.843. The molecule has 0 heterocycles. The topological polar surface area (TPSA) is 3.24 Å². The first-order valence-corrected chi connectivity index (χ1v) is 4.27. The highest BCUT2D eigenvalue weighted by molar-refractivity contribution is 5.13. The Balaban J connectivity index is 2.41. The minimum Gasteiger partial charge on any atom is -0.142 e. The summed E-state index contributed by atoms with van der Waals surface area (Å²) in [4.78, 5) is 0. The van der Waals surface area contributed by atoms with Crippen molar-refractivity contribution in [3.05, 3.63) is 35.9 Å². The third kappa shape index (κ3) is 3.01. The van der Waals surface area contributed by atoms with Gasteiger partial charge < -0.3 is 0 Å². The highest BCUT2D eigenvalue weighted by Crippen LogP contribution is 2.04. The number of hydrogen-bond acceptors (Lipinski definition) is 1.